The van der Waals surface area contributed by atoms with Gasteiger partial charge in [-0.05, 0) is 18.2 Å². The third-order valence-corrected chi connectivity index (χ3v) is 2.70. The zero-order valence-corrected chi connectivity index (χ0v) is 10.9. The monoisotopic (exact) mass is 282 g/mol. The Morgan fingerprint density at radius 2 is 2.16 bits per heavy atom. The maximum Gasteiger partial charge on any atom is 0.162 e. The van der Waals surface area contributed by atoms with Crippen LogP contribution in [0.5, 0.6) is 0 Å². The minimum Gasteiger partial charge on any atom is -0.378 e. The average Bonchev–Trinajstić information content (AvgIpc) is 2.42. The summed E-state index contributed by atoms with van der Waals surface area (Å²) in [6, 6.07) is 6.01. The van der Waals surface area contributed by atoms with Crippen molar-refractivity contribution in [3.63, 3.8) is 0 Å². The summed E-state index contributed by atoms with van der Waals surface area (Å²) in [4.78, 5) is 8.43. The van der Waals surface area contributed by atoms with Gasteiger partial charge in [-0.3, -0.25) is 0 Å². The molecule has 0 fully saturated rings. The molecule has 0 aliphatic heterocycles. The average molecular weight is 283 g/mol. The molecule has 1 heterocycles. The molecule has 0 atom stereocenters. The Bertz CT molecular complexity index is 594. The van der Waals surface area contributed by atoms with Crippen molar-refractivity contribution in [3.8, 4) is 11.4 Å². The van der Waals surface area contributed by atoms with Gasteiger partial charge in [-0.2, -0.15) is 0 Å². The zero-order chi connectivity index (χ0) is 13.8. The first kappa shape index (κ1) is 13.7. The van der Waals surface area contributed by atoms with Crippen LogP contribution >= 0.6 is 11.6 Å². The lowest BCUT2D eigenvalue weighted by Gasteiger charge is -2.07. The van der Waals surface area contributed by atoms with Crippen LogP contribution in [0.2, 0.25) is 5.02 Å². The normalized spacial score (nSPS) is 10.5. The summed E-state index contributed by atoms with van der Waals surface area (Å²) in [5, 5.41) is 0.0500. The molecule has 19 heavy (non-hydrogen) atoms. The molecule has 1 aromatic heterocycles. The van der Waals surface area contributed by atoms with E-state index in [0.717, 1.165) is 0 Å². The van der Waals surface area contributed by atoms with Crippen LogP contribution in [-0.2, 0) is 11.3 Å². The summed E-state index contributed by atoms with van der Waals surface area (Å²) in [7, 11) is 1.55. The van der Waals surface area contributed by atoms with Crippen LogP contribution in [-0.4, -0.2) is 17.1 Å². The first-order valence-corrected chi connectivity index (χ1v) is 5.80. The van der Waals surface area contributed by atoms with Crippen LogP contribution < -0.4 is 11.3 Å². The predicted octanol–water partition coefficient (Wildman–Crippen LogP) is 2.37. The van der Waals surface area contributed by atoms with Gasteiger partial charge in [0.25, 0.3) is 0 Å². The van der Waals surface area contributed by atoms with E-state index in [-0.39, 0.29) is 5.02 Å². The van der Waals surface area contributed by atoms with Crippen LogP contribution in [0.1, 0.15) is 5.69 Å². The highest BCUT2D eigenvalue weighted by Gasteiger charge is 2.09. The molecule has 7 heteroatoms. The second kappa shape index (κ2) is 5.92. The molecule has 5 nitrogen and oxygen atoms in total. The maximum atomic E-state index is 13.4. The second-order valence-corrected chi connectivity index (χ2v) is 4.18. The molecular weight excluding hydrogens is 271 g/mol. The van der Waals surface area contributed by atoms with Gasteiger partial charge < -0.3 is 10.2 Å². The van der Waals surface area contributed by atoms with Gasteiger partial charge in [-0.15, -0.1) is 0 Å². The highest BCUT2D eigenvalue weighted by molar-refractivity contribution is 6.30. The first-order chi connectivity index (χ1) is 9.13. The summed E-state index contributed by atoms with van der Waals surface area (Å²) in [6.07, 6.45) is 0. The molecule has 0 aliphatic rings. The van der Waals surface area contributed by atoms with E-state index in [1.54, 1.807) is 19.2 Å². The van der Waals surface area contributed by atoms with Crippen LogP contribution in [0.15, 0.2) is 24.3 Å². The number of aromatic nitrogens is 2. The smallest absolute Gasteiger partial charge is 0.162 e. The summed E-state index contributed by atoms with van der Waals surface area (Å²) in [5.41, 5.74) is 3.58. The SMILES string of the molecule is COCc1cc(NN)nc(-c2ccc(Cl)c(F)c2)n1. The van der Waals surface area contributed by atoms with Crippen molar-refractivity contribution in [2.45, 2.75) is 6.61 Å². The van der Waals surface area contributed by atoms with E-state index >= 15 is 0 Å². The summed E-state index contributed by atoms with van der Waals surface area (Å²) >= 11 is 5.64. The number of hydrogen-bond acceptors (Lipinski definition) is 5. The Morgan fingerprint density at radius 1 is 1.37 bits per heavy atom. The Labute approximate surface area is 114 Å². The molecule has 1 aromatic carbocycles. The molecule has 0 saturated carbocycles. The molecule has 0 amide bonds. The number of ether oxygens (including phenoxy) is 1. The van der Waals surface area contributed by atoms with Crippen molar-refractivity contribution < 1.29 is 9.13 Å². The highest BCUT2D eigenvalue weighted by atomic mass is 35.5. The zero-order valence-electron chi connectivity index (χ0n) is 10.2. The van der Waals surface area contributed by atoms with Crippen molar-refractivity contribution in [2.75, 3.05) is 12.5 Å². The first-order valence-electron chi connectivity index (χ1n) is 5.43. The minimum absolute atomic E-state index is 0.0500. The fraction of sp³-hybridized carbons (Fsp3) is 0.167. The molecule has 0 spiro atoms. The van der Waals surface area contributed by atoms with Crippen molar-refractivity contribution in [1.29, 1.82) is 0 Å². The lowest BCUT2D eigenvalue weighted by Crippen LogP contribution is -2.11. The lowest BCUT2D eigenvalue weighted by atomic mass is 10.2. The number of rotatable bonds is 4. The molecule has 100 valence electrons. The Balaban J connectivity index is 2.47. The predicted molar refractivity (Wildman–Crippen MR) is 71.0 cm³/mol. The minimum atomic E-state index is -0.526. The van der Waals surface area contributed by atoms with E-state index in [0.29, 0.717) is 29.5 Å². The van der Waals surface area contributed by atoms with Gasteiger partial charge in [0.15, 0.2) is 5.82 Å². The topological polar surface area (TPSA) is 73.1 Å². The number of nitrogens with zero attached hydrogens (tertiary/aromatic N) is 2. The molecule has 0 unspecified atom stereocenters. The van der Waals surface area contributed by atoms with E-state index in [1.807, 2.05) is 0 Å². The van der Waals surface area contributed by atoms with E-state index in [4.69, 9.17) is 22.2 Å². The van der Waals surface area contributed by atoms with Gasteiger partial charge in [0.1, 0.15) is 11.6 Å². The number of hydrazine groups is 1. The van der Waals surface area contributed by atoms with Crippen LogP contribution in [0.3, 0.4) is 0 Å². The van der Waals surface area contributed by atoms with Gasteiger partial charge in [0.05, 0.1) is 17.3 Å². The number of anilines is 1. The number of nitrogens with one attached hydrogen (secondary N) is 1. The number of benzene rings is 1. The van der Waals surface area contributed by atoms with Crippen LogP contribution in [0, 0.1) is 5.82 Å². The highest BCUT2D eigenvalue weighted by Crippen LogP contribution is 2.23. The quantitative estimate of drug-likeness (QED) is 0.665. The Morgan fingerprint density at radius 3 is 2.79 bits per heavy atom. The summed E-state index contributed by atoms with van der Waals surface area (Å²) < 4.78 is 18.5. The summed E-state index contributed by atoms with van der Waals surface area (Å²) in [6.45, 7) is 0.306. The van der Waals surface area contributed by atoms with Crippen LogP contribution in [0.25, 0.3) is 11.4 Å². The number of halogens is 2. The number of methoxy groups -OCH3 is 1. The third-order valence-electron chi connectivity index (χ3n) is 2.40. The van der Waals surface area contributed by atoms with E-state index in [2.05, 4.69) is 15.4 Å². The van der Waals surface area contributed by atoms with Gasteiger partial charge in [-0.25, -0.2) is 20.2 Å². The number of nitrogen functional groups attached to an aromatic ring is 1. The van der Waals surface area contributed by atoms with Crippen molar-refractivity contribution in [3.05, 3.63) is 40.8 Å². The fourth-order valence-electron chi connectivity index (χ4n) is 1.56. The standard InChI is InChI=1S/C12H12ClFN4O/c1-19-6-8-5-11(18-15)17-12(16-8)7-2-3-9(13)10(14)4-7/h2-5H,6,15H2,1H3,(H,16,17,18). The Hall–Kier alpha value is -1.76. The van der Waals surface area contributed by atoms with Crippen LogP contribution in [0.4, 0.5) is 10.2 Å². The molecule has 0 bridgehead atoms. The van der Waals surface area contributed by atoms with Gasteiger partial charge in [0, 0.05) is 18.7 Å². The molecule has 2 rings (SSSR count). The fourth-order valence-corrected chi connectivity index (χ4v) is 1.68. The van der Waals surface area contributed by atoms with E-state index in [1.165, 1.54) is 12.1 Å². The number of hydrogen-bond donors (Lipinski definition) is 2. The number of nitrogens with two attached hydrogens (primary N) is 1. The van der Waals surface area contributed by atoms with Gasteiger partial charge in [-0.1, -0.05) is 11.6 Å². The molecule has 0 radical (unpaired) electrons. The molecular formula is C12H12ClFN4O. The summed E-state index contributed by atoms with van der Waals surface area (Å²) in [5.74, 6) is 5.58. The molecule has 0 saturated heterocycles. The third kappa shape index (κ3) is 3.17. The lowest BCUT2D eigenvalue weighted by molar-refractivity contribution is 0.181. The van der Waals surface area contributed by atoms with Crippen molar-refractivity contribution in [2.24, 2.45) is 5.84 Å². The largest absolute Gasteiger partial charge is 0.378 e. The van der Waals surface area contributed by atoms with E-state index < -0.39 is 5.82 Å². The maximum absolute atomic E-state index is 13.4. The van der Waals surface area contributed by atoms with E-state index in [9.17, 15) is 4.39 Å². The van der Waals surface area contributed by atoms with Gasteiger partial charge in [0.2, 0.25) is 0 Å². The van der Waals surface area contributed by atoms with Crippen molar-refractivity contribution in [1.82, 2.24) is 9.97 Å². The molecule has 0 aliphatic carbocycles. The molecule has 3 N–H and O–H groups in total. The molecule has 2 aromatic rings. The Kier molecular flexibility index (Phi) is 4.26. The second-order valence-electron chi connectivity index (χ2n) is 3.77. The van der Waals surface area contributed by atoms with Crippen molar-refractivity contribution >= 4 is 17.4 Å². The van der Waals surface area contributed by atoms with Gasteiger partial charge >= 0.3 is 0 Å².